The molecule has 1 aliphatic heterocycles. The highest BCUT2D eigenvalue weighted by Gasteiger charge is 2.23. The summed E-state index contributed by atoms with van der Waals surface area (Å²) in [7, 11) is 3.26. The summed E-state index contributed by atoms with van der Waals surface area (Å²) in [4.78, 5) is 29.8. The van der Waals surface area contributed by atoms with E-state index in [1.54, 1.807) is 23.6 Å². The Morgan fingerprint density at radius 2 is 2.08 bits per heavy atom. The van der Waals surface area contributed by atoms with Crippen molar-refractivity contribution in [1.29, 1.82) is 0 Å². The van der Waals surface area contributed by atoms with Crippen molar-refractivity contribution in [2.24, 2.45) is 7.05 Å². The molecule has 3 heterocycles. The molecule has 1 aliphatic rings. The summed E-state index contributed by atoms with van der Waals surface area (Å²) < 4.78 is 8.20. The van der Waals surface area contributed by atoms with Crippen LogP contribution >= 0.6 is 0 Å². The van der Waals surface area contributed by atoms with Gasteiger partial charge in [-0.25, -0.2) is 9.48 Å². The second-order valence-corrected chi connectivity index (χ2v) is 6.15. The number of carbonyl (C=O) groups excluding carboxylic acids is 1. The second-order valence-electron chi connectivity index (χ2n) is 6.15. The van der Waals surface area contributed by atoms with Crippen LogP contribution < -0.4 is 10.4 Å². The predicted octanol–water partition coefficient (Wildman–Crippen LogP) is 0.770. The molecule has 1 amide bonds. The molecule has 0 atom stereocenters. The lowest BCUT2D eigenvalue weighted by molar-refractivity contribution is 0.0753. The van der Waals surface area contributed by atoms with Crippen molar-refractivity contribution in [2.75, 3.05) is 20.2 Å². The number of aromatic nitrogens is 4. The minimum absolute atomic E-state index is 0.0715. The maximum absolute atomic E-state index is 12.9. The predicted molar refractivity (Wildman–Crippen MR) is 91.9 cm³/mol. The zero-order valence-electron chi connectivity index (χ0n) is 14.2. The standard InChI is InChI=1S/C17H19N5O3/c1-20-17(24)22-8-7-21(6-5-15(22)19-20)16(23)14-9-11-3-4-12(25-2)10-13(11)18-14/h3-4,9-10,18H,5-8H2,1-2H3. The topological polar surface area (TPSA) is 85.2 Å². The van der Waals surface area contributed by atoms with E-state index in [4.69, 9.17) is 4.74 Å². The molecule has 1 aromatic carbocycles. The van der Waals surface area contributed by atoms with Crippen molar-refractivity contribution < 1.29 is 9.53 Å². The number of benzene rings is 1. The number of hydrogen-bond acceptors (Lipinski definition) is 4. The number of aromatic amines is 1. The molecule has 0 bridgehead atoms. The van der Waals surface area contributed by atoms with Gasteiger partial charge >= 0.3 is 5.69 Å². The highest BCUT2D eigenvalue weighted by Crippen LogP contribution is 2.22. The van der Waals surface area contributed by atoms with Gasteiger partial charge in [0, 0.05) is 50.1 Å². The summed E-state index contributed by atoms with van der Waals surface area (Å²) in [5.41, 5.74) is 1.26. The largest absolute Gasteiger partial charge is 0.497 e. The number of methoxy groups -OCH3 is 1. The van der Waals surface area contributed by atoms with Gasteiger partial charge in [0.05, 0.1) is 7.11 Å². The molecule has 3 aromatic rings. The van der Waals surface area contributed by atoms with E-state index in [0.29, 0.717) is 31.7 Å². The molecular formula is C17H19N5O3. The van der Waals surface area contributed by atoms with Crippen LogP contribution in [0.15, 0.2) is 29.1 Å². The fraction of sp³-hybridized carbons (Fsp3) is 0.353. The summed E-state index contributed by atoms with van der Waals surface area (Å²) in [6.45, 7) is 1.48. The van der Waals surface area contributed by atoms with Crippen LogP contribution in [-0.4, -0.2) is 50.3 Å². The third-order valence-electron chi connectivity index (χ3n) is 4.63. The molecule has 0 unspecified atom stereocenters. The van der Waals surface area contributed by atoms with Crippen LogP contribution in [0.25, 0.3) is 10.9 Å². The van der Waals surface area contributed by atoms with Gasteiger partial charge in [-0.2, -0.15) is 5.10 Å². The van der Waals surface area contributed by atoms with E-state index in [9.17, 15) is 9.59 Å². The number of rotatable bonds is 2. The summed E-state index contributed by atoms with van der Waals surface area (Å²) in [5, 5.41) is 5.20. The average Bonchev–Trinajstić information content (AvgIpc) is 3.08. The number of H-pyrrole nitrogens is 1. The van der Waals surface area contributed by atoms with Crippen LogP contribution in [0.5, 0.6) is 5.75 Å². The van der Waals surface area contributed by atoms with Gasteiger partial charge in [-0.15, -0.1) is 0 Å². The van der Waals surface area contributed by atoms with E-state index in [2.05, 4.69) is 10.1 Å². The highest BCUT2D eigenvalue weighted by atomic mass is 16.5. The smallest absolute Gasteiger partial charge is 0.345 e. The first-order valence-corrected chi connectivity index (χ1v) is 8.15. The second kappa shape index (κ2) is 5.80. The Morgan fingerprint density at radius 3 is 2.88 bits per heavy atom. The lowest BCUT2D eigenvalue weighted by Crippen LogP contribution is -2.35. The molecule has 8 nitrogen and oxygen atoms in total. The fourth-order valence-corrected chi connectivity index (χ4v) is 3.25. The molecule has 0 saturated heterocycles. The molecule has 0 fully saturated rings. The van der Waals surface area contributed by atoms with E-state index in [-0.39, 0.29) is 11.6 Å². The maximum atomic E-state index is 12.9. The third-order valence-corrected chi connectivity index (χ3v) is 4.63. The minimum Gasteiger partial charge on any atom is -0.497 e. The molecule has 1 N–H and O–H groups in total. The molecule has 0 aliphatic carbocycles. The third kappa shape index (κ3) is 2.59. The lowest BCUT2D eigenvalue weighted by Gasteiger charge is -2.19. The van der Waals surface area contributed by atoms with Crippen LogP contribution in [0.3, 0.4) is 0 Å². The Kier molecular flexibility index (Phi) is 3.60. The molecule has 0 saturated carbocycles. The Hall–Kier alpha value is -3.03. The number of fused-ring (bicyclic) bond motifs is 2. The lowest BCUT2D eigenvalue weighted by atomic mass is 10.2. The first-order chi connectivity index (χ1) is 12.1. The van der Waals surface area contributed by atoms with E-state index in [1.165, 1.54) is 4.68 Å². The highest BCUT2D eigenvalue weighted by molar-refractivity contribution is 5.98. The van der Waals surface area contributed by atoms with Gasteiger partial charge in [0.25, 0.3) is 5.91 Å². The molecular weight excluding hydrogens is 322 g/mol. The molecule has 130 valence electrons. The number of aryl methyl sites for hydroxylation is 1. The van der Waals surface area contributed by atoms with Gasteiger partial charge in [0.1, 0.15) is 17.3 Å². The first-order valence-electron chi connectivity index (χ1n) is 8.15. The van der Waals surface area contributed by atoms with Crippen LogP contribution in [0.1, 0.15) is 16.3 Å². The number of amides is 1. The fourth-order valence-electron chi connectivity index (χ4n) is 3.25. The summed E-state index contributed by atoms with van der Waals surface area (Å²) in [6, 6.07) is 7.50. The van der Waals surface area contributed by atoms with Crippen LogP contribution in [0, 0.1) is 0 Å². The minimum atomic E-state index is -0.137. The number of hydrogen-bond donors (Lipinski definition) is 1. The zero-order chi connectivity index (χ0) is 17.6. The Balaban J connectivity index is 1.58. The van der Waals surface area contributed by atoms with Crippen LogP contribution in [0.2, 0.25) is 0 Å². The van der Waals surface area contributed by atoms with Crippen LogP contribution in [-0.2, 0) is 20.0 Å². The first kappa shape index (κ1) is 15.5. The Labute approximate surface area is 143 Å². The number of carbonyl (C=O) groups is 1. The summed E-state index contributed by atoms with van der Waals surface area (Å²) in [5.74, 6) is 1.39. The molecule has 0 spiro atoms. The van der Waals surface area contributed by atoms with Crippen molar-refractivity contribution in [3.8, 4) is 5.75 Å². The van der Waals surface area contributed by atoms with E-state index in [0.717, 1.165) is 22.5 Å². The van der Waals surface area contributed by atoms with Crippen molar-refractivity contribution in [2.45, 2.75) is 13.0 Å². The van der Waals surface area contributed by atoms with E-state index >= 15 is 0 Å². The normalized spacial score (nSPS) is 14.4. The number of nitrogens with zero attached hydrogens (tertiary/aromatic N) is 4. The van der Waals surface area contributed by atoms with Gasteiger partial charge in [0.2, 0.25) is 0 Å². The number of ether oxygens (including phenoxy) is 1. The summed E-state index contributed by atoms with van der Waals surface area (Å²) in [6.07, 6.45) is 0.565. The van der Waals surface area contributed by atoms with Crippen molar-refractivity contribution in [3.05, 3.63) is 46.3 Å². The van der Waals surface area contributed by atoms with E-state index in [1.807, 2.05) is 24.3 Å². The Morgan fingerprint density at radius 1 is 1.24 bits per heavy atom. The molecule has 4 rings (SSSR count). The summed E-state index contributed by atoms with van der Waals surface area (Å²) >= 11 is 0. The Bertz CT molecular complexity index is 1010. The van der Waals surface area contributed by atoms with Gasteiger partial charge in [0.15, 0.2) is 0 Å². The van der Waals surface area contributed by atoms with Gasteiger partial charge < -0.3 is 14.6 Å². The molecule has 8 heteroatoms. The molecule has 25 heavy (non-hydrogen) atoms. The van der Waals surface area contributed by atoms with E-state index < -0.39 is 0 Å². The van der Waals surface area contributed by atoms with Gasteiger partial charge in [-0.1, -0.05) is 0 Å². The number of nitrogens with one attached hydrogen (secondary N) is 1. The van der Waals surface area contributed by atoms with Gasteiger partial charge in [-0.3, -0.25) is 9.36 Å². The average molecular weight is 341 g/mol. The maximum Gasteiger partial charge on any atom is 0.345 e. The SMILES string of the molecule is COc1ccc2cc(C(=O)N3CCc4nn(C)c(=O)n4CC3)[nH]c2c1. The quantitative estimate of drug-likeness (QED) is 0.746. The zero-order valence-corrected chi connectivity index (χ0v) is 14.2. The van der Waals surface area contributed by atoms with Gasteiger partial charge in [-0.05, 0) is 18.2 Å². The van der Waals surface area contributed by atoms with Crippen molar-refractivity contribution >= 4 is 16.8 Å². The van der Waals surface area contributed by atoms with Crippen LogP contribution in [0.4, 0.5) is 0 Å². The molecule has 2 aromatic heterocycles. The monoisotopic (exact) mass is 341 g/mol. The van der Waals surface area contributed by atoms with Crippen molar-refractivity contribution in [1.82, 2.24) is 24.2 Å². The molecule has 0 radical (unpaired) electrons. The van der Waals surface area contributed by atoms with Crippen molar-refractivity contribution in [3.63, 3.8) is 0 Å².